The van der Waals surface area contributed by atoms with Gasteiger partial charge >= 0.3 is 0 Å². The first-order valence-corrected chi connectivity index (χ1v) is 5.95. The SMILES string of the molecule is C#Cc1cnc2nc(C(=O)C(C)(C)C)[nH]c(=O)c2c1N. The van der Waals surface area contributed by atoms with Crippen LogP contribution in [0, 0.1) is 17.8 Å². The number of ketones is 1. The minimum atomic E-state index is -0.659. The van der Waals surface area contributed by atoms with Crippen LogP contribution in [0.2, 0.25) is 0 Å². The van der Waals surface area contributed by atoms with Crippen molar-refractivity contribution in [2.24, 2.45) is 5.41 Å². The standard InChI is InChI=1S/C14H14N4O2/c1-5-7-6-16-11-8(9(7)15)13(20)18-12(17-11)10(19)14(2,3)4/h1,6H,2-4H3,(H3,15,16,17,18,20). The number of nitrogens with two attached hydrogens (primary N) is 1. The Morgan fingerprint density at radius 2 is 2.10 bits per heavy atom. The molecule has 0 amide bonds. The van der Waals surface area contributed by atoms with E-state index in [0.717, 1.165) is 0 Å². The summed E-state index contributed by atoms with van der Waals surface area (Å²) < 4.78 is 0. The largest absolute Gasteiger partial charge is 0.397 e. The number of nitrogen functional groups attached to an aromatic ring is 1. The Hall–Kier alpha value is -2.68. The van der Waals surface area contributed by atoms with Crippen molar-refractivity contribution in [1.82, 2.24) is 15.0 Å². The molecular weight excluding hydrogens is 256 g/mol. The first-order chi connectivity index (χ1) is 9.25. The Balaban J connectivity index is 2.77. The van der Waals surface area contributed by atoms with Gasteiger partial charge in [-0.25, -0.2) is 9.97 Å². The number of carbonyl (C=O) groups is 1. The number of hydrogen-bond acceptors (Lipinski definition) is 5. The lowest BCUT2D eigenvalue weighted by Gasteiger charge is -2.15. The summed E-state index contributed by atoms with van der Waals surface area (Å²) in [6.07, 6.45) is 6.63. The number of Topliss-reactive ketones (excluding diaryl/α,β-unsaturated/α-hetero) is 1. The number of rotatable bonds is 1. The third-order valence-electron chi connectivity index (χ3n) is 2.83. The van der Waals surface area contributed by atoms with Gasteiger partial charge in [0.1, 0.15) is 5.39 Å². The van der Waals surface area contributed by atoms with Crippen molar-refractivity contribution in [3.8, 4) is 12.3 Å². The Kier molecular flexibility index (Phi) is 3.06. The molecule has 20 heavy (non-hydrogen) atoms. The normalized spacial score (nSPS) is 11.3. The van der Waals surface area contributed by atoms with Crippen molar-refractivity contribution >= 4 is 22.5 Å². The lowest BCUT2D eigenvalue weighted by molar-refractivity contribution is 0.0847. The van der Waals surface area contributed by atoms with E-state index in [2.05, 4.69) is 20.9 Å². The number of aromatic nitrogens is 3. The van der Waals surface area contributed by atoms with Gasteiger partial charge in [-0.15, -0.1) is 6.42 Å². The molecule has 0 aliphatic rings. The topological polar surface area (TPSA) is 102 Å². The molecule has 2 aromatic rings. The van der Waals surface area contributed by atoms with Gasteiger partial charge in [-0.2, -0.15) is 0 Å². The second-order valence-corrected chi connectivity index (χ2v) is 5.42. The van der Waals surface area contributed by atoms with E-state index in [1.165, 1.54) is 6.20 Å². The Bertz CT molecular complexity index is 807. The molecule has 0 bridgehead atoms. The van der Waals surface area contributed by atoms with E-state index in [1.54, 1.807) is 20.8 Å². The fraction of sp³-hybridized carbons (Fsp3) is 0.286. The average Bonchev–Trinajstić information content (AvgIpc) is 2.36. The fourth-order valence-electron chi connectivity index (χ4n) is 1.71. The van der Waals surface area contributed by atoms with Crippen LogP contribution >= 0.6 is 0 Å². The van der Waals surface area contributed by atoms with Gasteiger partial charge < -0.3 is 10.7 Å². The van der Waals surface area contributed by atoms with Crippen molar-refractivity contribution in [3.05, 3.63) is 27.9 Å². The van der Waals surface area contributed by atoms with E-state index in [0.29, 0.717) is 5.56 Å². The highest BCUT2D eigenvalue weighted by Gasteiger charge is 2.26. The van der Waals surface area contributed by atoms with Gasteiger partial charge in [-0.1, -0.05) is 26.7 Å². The van der Waals surface area contributed by atoms with Crippen molar-refractivity contribution in [1.29, 1.82) is 0 Å². The number of carbonyl (C=O) groups excluding carboxylic acids is 1. The zero-order chi connectivity index (χ0) is 15.1. The van der Waals surface area contributed by atoms with Crippen LogP contribution in [0.4, 0.5) is 5.69 Å². The molecule has 0 aliphatic carbocycles. The summed E-state index contributed by atoms with van der Waals surface area (Å²) in [5.74, 6) is 2.03. The van der Waals surface area contributed by atoms with Crippen LogP contribution in [0.15, 0.2) is 11.0 Å². The molecule has 2 heterocycles. The number of hydrogen-bond donors (Lipinski definition) is 2. The second kappa shape index (κ2) is 4.46. The molecule has 0 fully saturated rings. The minimum Gasteiger partial charge on any atom is -0.397 e. The van der Waals surface area contributed by atoms with Crippen LogP contribution in [-0.4, -0.2) is 20.7 Å². The average molecular weight is 270 g/mol. The summed E-state index contributed by atoms with van der Waals surface area (Å²) in [5, 5.41) is 0.103. The van der Waals surface area contributed by atoms with Crippen LogP contribution in [0.5, 0.6) is 0 Å². The molecule has 6 heteroatoms. The van der Waals surface area contributed by atoms with Gasteiger partial charge in [-0.05, 0) is 0 Å². The van der Waals surface area contributed by atoms with Crippen LogP contribution in [0.1, 0.15) is 37.0 Å². The summed E-state index contributed by atoms with van der Waals surface area (Å²) >= 11 is 0. The molecule has 3 N–H and O–H groups in total. The maximum absolute atomic E-state index is 12.1. The van der Waals surface area contributed by atoms with E-state index < -0.39 is 11.0 Å². The first kappa shape index (κ1) is 13.7. The molecule has 0 saturated heterocycles. The number of terminal acetylenes is 1. The Labute approximate surface area is 115 Å². The van der Waals surface area contributed by atoms with Crippen molar-refractivity contribution in [2.45, 2.75) is 20.8 Å². The number of fused-ring (bicyclic) bond motifs is 1. The number of anilines is 1. The zero-order valence-corrected chi connectivity index (χ0v) is 11.4. The summed E-state index contributed by atoms with van der Waals surface area (Å²) in [7, 11) is 0. The monoisotopic (exact) mass is 270 g/mol. The maximum atomic E-state index is 12.1. The molecule has 0 unspecified atom stereocenters. The minimum absolute atomic E-state index is 0.0321. The number of nitrogens with one attached hydrogen (secondary N) is 1. The molecule has 6 nitrogen and oxygen atoms in total. The van der Waals surface area contributed by atoms with Crippen LogP contribution < -0.4 is 11.3 Å². The number of aromatic amines is 1. The van der Waals surface area contributed by atoms with E-state index >= 15 is 0 Å². The van der Waals surface area contributed by atoms with Gasteiger partial charge in [-0.3, -0.25) is 9.59 Å². The molecule has 0 aliphatic heterocycles. The van der Waals surface area contributed by atoms with E-state index in [9.17, 15) is 9.59 Å². The summed E-state index contributed by atoms with van der Waals surface area (Å²) in [4.78, 5) is 34.7. The third kappa shape index (κ3) is 2.14. The third-order valence-corrected chi connectivity index (χ3v) is 2.83. The molecule has 2 rings (SSSR count). The Morgan fingerprint density at radius 3 is 2.65 bits per heavy atom. The number of pyridine rings is 1. The highest BCUT2D eigenvalue weighted by Crippen LogP contribution is 2.21. The van der Waals surface area contributed by atoms with Gasteiger partial charge in [0.15, 0.2) is 11.5 Å². The van der Waals surface area contributed by atoms with E-state index in [-0.39, 0.29) is 28.3 Å². The predicted molar refractivity (Wildman–Crippen MR) is 76.3 cm³/mol. The lowest BCUT2D eigenvalue weighted by atomic mass is 9.90. The highest BCUT2D eigenvalue weighted by molar-refractivity contribution is 5.98. The molecular formula is C14H14N4O2. The van der Waals surface area contributed by atoms with E-state index in [4.69, 9.17) is 12.2 Å². The summed E-state index contributed by atoms with van der Waals surface area (Å²) in [5.41, 5.74) is 5.20. The van der Waals surface area contributed by atoms with Crippen LogP contribution in [0.25, 0.3) is 11.0 Å². The molecule has 2 aromatic heterocycles. The van der Waals surface area contributed by atoms with Crippen LogP contribution in [0.3, 0.4) is 0 Å². The van der Waals surface area contributed by atoms with Gasteiger partial charge in [0.25, 0.3) is 5.56 Å². The lowest BCUT2D eigenvalue weighted by Crippen LogP contribution is -2.26. The number of H-pyrrole nitrogens is 1. The summed E-state index contributed by atoms with van der Waals surface area (Å²) in [6.45, 7) is 5.22. The molecule has 0 atom stereocenters. The zero-order valence-electron chi connectivity index (χ0n) is 11.4. The van der Waals surface area contributed by atoms with Gasteiger partial charge in [0.05, 0.1) is 11.3 Å². The second-order valence-electron chi connectivity index (χ2n) is 5.42. The molecule has 0 saturated carbocycles. The molecule has 0 aromatic carbocycles. The smallest absolute Gasteiger partial charge is 0.262 e. The highest BCUT2D eigenvalue weighted by atomic mass is 16.1. The maximum Gasteiger partial charge on any atom is 0.262 e. The van der Waals surface area contributed by atoms with Crippen molar-refractivity contribution in [2.75, 3.05) is 5.73 Å². The fourth-order valence-corrected chi connectivity index (χ4v) is 1.71. The Morgan fingerprint density at radius 1 is 1.45 bits per heavy atom. The van der Waals surface area contributed by atoms with Crippen LogP contribution in [-0.2, 0) is 0 Å². The van der Waals surface area contributed by atoms with Crippen molar-refractivity contribution < 1.29 is 4.79 Å². The van der Waals surface area contributed by atoms with Gasteiger partial charge in [0.2, 0.25) is 5.78 Å². The quantitative estimate of drug-likeness (QED) is 0.597. The van der Waals surface area contributed by atoms with Gasteiger partial charge in [0, 0.05) is 11.6 Å². The van der Waals surface area contributed by atoms with E-state index in [1.807, 2.05) is 0 Å². The number of nitrogens with zero attached hydrogens (tertiary/aromatic N) is 2. The molecule has 102 valence electrons. The predicted octanol–water partition coefficient (Wildman–Crippen LogP) is 1.11. The first-order valence-electron chi connectivity index (χ1n) is 5.95. The summed E-state index contributed by atoms with van der Waals surface area (Å²) in [6, 6.07) is 0. The molecule has 0 spiro atoms. The van der Waals surface area contributed by atoms with Crippen molar-refractivity contribution in [3.63, 3.8) is 0 Å². The molecule has 0 radical (unpaired) electrons.